The molecule has 0 unspecified atom stereocenters. The smallest absolute Gasteiger partial charge is 0.252 e. The van der Waals surface area contributed by atoms with Crippen molar-refractivity contribution in [1.29, 1.82) is 0 Å². The molecule has 0 saturated carbocycles. The van der Waals surface area contributed by atoms with Crippen molar-refractivity contribution in [2.45, 2.75) is 45.3 Å². The molecular weight excluding hydrogens is 230 g/mol. The Morgan fingerprint density at radius 3 is 2.72 bits per heavy atom. The summed E-state index contributed by atoms with van der Waals surface area (Å²) in [7, 11) is 3.47. The van der Waals surface area contributed by atoms with Crippen LogP contribution in [0, 0.1) is 0 Å². The van der Waals surface area contributed by atoms with Gasteiger partial charge in [0, 0.05) is 26.6 Å². The molecule has 102 valence electrons. The first-order chi connectivity index (χ1) is 8.42. The highest BCUT2D eigenvalue weighted by atomic mass is 16.5. The van der Waals surface area contributed by atoms with Gasteiger partial charge in [-0.05, 0) is 20.3 Å². The van der Waals surface area contributed by atoms with Gasteiger partial charge in [-0.1, -0.05) is 13.3 Å². The standard InChI is InChI=1S/C13H23N3O2/c1-6-7-10(11-14-8-9-16(11)4)15-12(17)13(2,3)18-5/h8-10H,6-7H2,1-5H3,(H,15,17)/t10-/m1/s1. The van der Waals surface area contributed by atoms with Crippen molar-refractivity contribution in [3.63, 3.8) is 0 Å². The topological polar surface area (TPSA) is 56.1 Å². The number of carbonyl (C=O) groups is 1. The van der Waals surface area contributed by atoms with Gasteiger partial charge < -0.3 is 14.6 Å². The zero-order valence-corrected chi connectivity index (χ0v) is 11.9. The van der Waals surface area contributed by atoms with E-state index in [2.05, 4.69) is 17.2 Å². The van der Waals surface area contributed by atoms with Gasteiger partial charge in [0.15, 0.2) is 0 Å². The molecule has 5 heteroatoms. The van der Waals surface area contributed by atoms with Crippen molar-refractivity contribution < 1.29 is 9.53 Å². The number of hydrogen-bond donors (Lipinski definition) is 1. The Morgan fingerprint density at radius 1 is 1.61 bits per heavy atom. The van der Waals surface area contributed by atoms with E-state index in [0.717, 1.165) is 18.7 Å². The average Bonchev–Trinajstić information content (AvgIpc) is 2.74. The van der Waals surface area contributed by atoms with Gasteiger partial charge in [0.25, 0.3) is 5.91 Å². The van der Waals surface area contributed by atoms with Crippen LogP contribution in [0.2, 0.25) is 0 Å². The van der Waals surface area contributed by atoms with Crippen LogP contribution < -0.4 is 5.32 Å². The molecule has 0 aliphatic rings. The first kappa shape index (κ1) is 14.7. The number of aryl methyl sites for hydroxylation is 1. The highest BCUT2D eigenvalue weighted by molar-refractivity contribution is 5.84. The number of ether oxygens (including phenoxy) is 1. The SMILES string of the molecule is CCC[C@@H](NC(=O)C(C)(C)OC)c1nccn1C. The molecule has 0 aliphatic carbocycles. The highest BCUT2D eigenvalue weighted by Crippen LogP contribution is 2.18. The van der Waals surface area contributed by atoms with Crippen LogP contribution in [0.25, 0.3) is 0 Å². The largest absolute Gasteiger partial charge is 0.369 e. The van der Waals surface area contributed by atoms with Gasteiger partial charge in [-0.15, -0.1) is 0 Å². The van der Waals surface area contributed by atoms with Crippen LogP contribution in [0.1, 0.15) is 45.5 Å². The van der Waals surface area contributed by atoms with Gasteiger partial charge in [-0.25, -0.2) is 4.98 Å². The molecule has 1 N–H and O–H groups in total. The fraction of sp³-hybridized carbons (Fsp3) is 0.692. The number of nitrogens with one attached hydrogen (secondary N) is 1. The van der Waals surface area contributed by atoms with Crippen LogP contribution in [0.15, 0.2) is 12.4 Å². The van der Waals surface area contributed by atoms with E-state index in [-0.39, 0.29) is 11.9 Å². The molecule has 1 aromatic rings. The summed E-state index contributed by atoms with van der Waals surface area (Å²) in [5.41, 5.74) is -0.822. The molecule has 0 fully saturated rings. The molecule has 0 aliphatic heterocycles. The average molecular weight is 253 g/mol. The lowest BCUT2D eigenvalue weighted by atomic mass is 10.1. The van der Waals surface area contributed by atoms with Gasteiger partial charge in [0.05, 0.1) is 6.04 Å². The number of amides is 1. The van der Waals surface area contributed by atoms with Crippen LogP contribution in [-0.2, 0) is 16.6 Å². The minimum Gasteiger partial charge on any atom is -0.369 e. The maximum atomic E-state index is 12.1. The Morgan fingerprint density at radius 2 is 2.28 bits per heavy atom. The summed E-state index contributed by atoms with van der Waals surface area (Å²) in [5.74, 6) is 0.753. The Labute approximate surface area is 109 Å². The lowest BCUT2D eigenvalue weighted by Gasteiger charge is -2.26. The van der Waals surface area contributed by atoms with Crippen LogP contribution in [0.4, 0.5) is 0 Å². The molecule has 1 rings (SSSR count). The number of nitrogens with zero attached hydrogens (tertiary/aromatic N) is 2. The molecule has 18 heavy (non-hydrogen) atoms. The van der Waals surface area contributed by atoms with Crippen LogP contribution in [0.5, 0.6) is 0 Å². The molecule has 0 radical (unpaired) electrons. The summed E-state index contributed by atoms with van der Waals surface area (Å²) in [4.78, 5) is 16.4. The van der Waals surface area contributed by atoms with E-state index in [1.807, 2.05) is 17.8 Å². The maximum Gasteiger partial charge on any atom is 0.252 e. The van der Waals surface area contributed by atoms with E-state index in [0.29, 0.717) is 0 Å². The van der Waals surface area contributed by atoms with Crippen molar-refractivity contribution in [1.82, 2.24) is 14.9 Å². The molecule has 0 bridgehead atoms. The van der Waals surface area contributed by atoms with E-state index < -0.39 is 5.60 Å². The van der Waals surface area contributed by atoms with Crippen LogP contribution in [0.3, 0.4) is 0 Å². The Balaban J connectivity index is 2.82. The van der Waals surface area contributed by atoms with Crippen molar-refractivity contribution in [3.8, 4) is 0 Å². The summed E-state index contributed by atoms with van der Waals surface area (Å²) < 4.78 is 7.12. The zero-order chi connectivity index (χ0) is 13.8. The van der Waals surface area contributed by atoms with Crippen LogP contribution >= 0.6 is 0 Å². The minimum absolute atomic E-state index is 0.0723. The van der Waals surface area contributed by atoms with E-state index in [1.165, 1.54) is 7.11 Å². The summed E-state index contributed by atoms with van der Waals surface area (Å²) in [5, 5.41) is 3.01. The van der Waals surface area contributed by atoms with Crippen molar-refractivity contribution >= 4 is 5.91 Å². The third-order valence-electron chi connectivity index (χ3n) is 3.11. The van der Waals surface area contributed by atoms with E-state index in [9.17, 15) is 4.79 Å². The summed E-state index contributed by atoms with van der Waals surface area (Å²) in [6.45, 7) is 5.59. The van der Waals surface area contributed by atoms with Crippen molar-refractivity contribution in [3.05, 3.63) is 18.2 Å². The molecule has 1 atom stereocenters. The van der Waals surface area contributed by atoms with E-state index in [4.69, 9.17) is 4.74 Å². The van der Waals surface area contributed by atoms with Gasteiger partial charge in [0.2, 0.25) is 0 Å². The Hall–Kier alpha value is -1.36. The number of rotatable bonds is 6. The third-order valence-corrected chi connectivity index (χ3v) is 3.11. The predicted octanol–water partition coefficient (Wildman–Crippen LogP) is 1.80. The first-order valence-electron chi connectivity index (χ1n) is 6.25. The molecule has 0 spiro atoms. The van der Waals surface area contributed by atoms with E-state index in [1.54, 1.807) is 20.0 Å². The van der Waals surface area contributed by atoms with Gasteiger partial charge in [-0.3, -0.25) is 4.79 Å². The zero-order valence-electron chi connectivity index (χ0n) is 11.9. The summed E-state index contributed by atoms with van der Waals surface area (Å²) >= 11 is 0. The molecule has 5 nitrogen and oxygen atoms in total. The number of imidazole rings is 1. The number of carbonyl (C=O) groups excluding carboxylic acids is 1. The number of methoxy groups -OCH3 is 1. The first-order valence-corrected chi connectivity index (χ1v) is 6.25. The minimum atomic E-state index is -0.822. The Bertz CT molecular complexity index is 399. The fourth-order valence-corrected chi connectivity index (χ4v) is 1.69. The molecule has 0 aromatic carbocycles. The second kappa shape index (κ2) is 6.00. The number of hydrogen-bond acceptors (Lipinski definition) is 3. The van der Waals surface area contributed by atoms with Gasteiger partial charge in [-0.2, -0.15) is 0 Å². The predicted molar refractivity (Wildman–Crippen MR) is 70.1 cm³/mol. The monoisotopic (exact) mass is 253 g/mol. The number of aromatic nitrogens is 2. The summed E-state index contributed by atoms with van der Waals surface area (Å²) in [6.07, 6.45) is 5.46. The Kier molecular flexibility index (Phi) is 4.90. The molecule has 1 amide bonds. The molecule has 1 aromatic heterocycles. The highest BCUT2D eigenvalue weighted by Gasteiger charge is 2.30. The summed E-state index contributed by atoms with van der Waals surface area (Å²) in [6, 6.07) is -0.0723. The lowest BCUT2D eigenvalue weighted by Crippen LogP contribution is -2.45. The van der Waals surface area contributed by atoms with Crippen molar-refractivity contribution in [2.75, 3.05) is 7.11 Å². The second-order valence-electron chi connectivity index (χ2n) is 4.93. The third kappa shape index (κ3) is 3.32. The fourth-order valence-electron chi connectivity index (χ4n) is 1.69. The van der Waals surface area contributed by atoms with Crippen molar-refractivity contribution in [2.24, 2.45) is 7.05 Å². The lowest BCUT2D eigenvalue weighted by molar-refractivity contribution is -0.140. The van der Waals surface area contributed by atoms with Gasteiger partial charge >= 0.3 is 0 Å². The van der Waals surface area contributed by atoms with Crippen LogP contribution in [-0.4, -0.2) is 28.2 Å². The van der Waals surface area contributed by atoms with Gasteiger partial charge in [0.1, 0.15) is 11.4 Å². The quantitative estimate of drug-likeness (QED) is 0.841. The maximum absolute atomic E-state index is 12.1. The molecule has 1 heterocycles. The molecular formula is C13H23N3O2. The van der Waals surface area contributed by atoms with E-state index >= 15 is 0 Å². The molecule has 0 saturated heterocycles. The normalized spacial score (nSPS) is 13.4. The second-order valence-corrected chi connectivity index (χ2v) is 4.93.